The zero-order valence-corrected chi connectivity index (χ0v) is 20.7. The molecule has 0 radical (unpaired) electrons. The third kappa shape index (κ3) is 6.54. The Bertz CT molecular complexity index is 633. The van der Waals surface area contributed by atoms with E-state index in [-0.39, 0.29) is 29.5 Å². The zero-order chi connectivity index (χ0) is 20.0. The summed E-state index contributed by atoms with van der Waals surface area (Å²) < 4.78 is 5.58. The Morgan fingerprint density at radius 1 is 1.24 bits per heavy atom. The summed E-state index contributed by atoms with van der Waals surface area (Å²) in [5, 5.41) is 7.25. The van der Waals surface area contributed by atoms with Gasteiger partial charge in [0.1, 0.15) is 0 Å². The number of halogens is 1. The Hall–Kier alpha value is -0.900. The minimum atomic E-state index is 0. The number of aliphatic imine (C=N–C) groups is 1. The smallest absolute Gasteiger partial charge is 0.191 e. The molecule has 2 aliphatic heterocycles. The highest BCUT2D eigenvalue weighted by Crippen LogP contribution is 2.25. The molecule has 2 heterocycles. The van der Waals surface area contributed by atoms with Gasteiger partial charge in [-0.3, -0.25) is 9.89 Å². The number of nitrogens with zero attached hydrogens (tertiary/aromatic N) is 3. The lowest BCUT2D eigenvalue weighted by Gasteiger charge is -2.43. The molecule has 29 heavy (non-hydrogen) atoms. The molecule has 2 fully saturated rings. The van der Waals surface area contributed by atoms with E-state index in [1.807, 2.05) is 7.05 Å². The first-order chi connectivity index (χ1) is 13.5. The van der Waals surface area contributed by atoms with Gasteiger partial charge >= 0.3 is 0 Å². The Kier molecular flexibility index (Phi) is 9.65. The Morgan fingerprint density at radius 3 is 2.55 bits per heavy atom. The van der Waals surface area contributed by atoms with Crippen LogP contribution in [0.4, 0.5) is 0 Å². The molecule has 6 nitrogen and oxygen atoms in total. The first-order valence-electron chi connectivity index (χ1n) is 10.5. The lowest BCUT2D eigenvalue weighted by Crippen LogP contribution is -2.57. The molecule has 1 aromatic rings. The topological polar surface area (TPSA) is 52.1 Å². The van der Waals surface area contributed by atoms with E-state index in [1.165, 1.54) is 5.56 Å². The first-order valence-corrected chi connectivity index (χ1v) is 10.5. The molecular weight excluding hydrogens is 477 g/mol. The number of likely N-dealkylation sites (tertiary alicyclic amines) is 1. The third-order valence-corrected chi connectivity index (χ3v) is 6.45. The molecule has 2 aliphatic rings. The summed E-state index contributed by atoms with van der Waals surface area (Å²) in [6.07, 6.45) is 3.24. The van der Waals surface area contributed by atoms with Gasteiger partial charge in [0.15, 0.2) is 5.96 Å². The molecular formula is C22H38IN5O. The summed E-state index contributed by atoms with van der Waals surface area (Å²) >= 11 is 0. The van der Waals surface area contributed by atoms with E-state index in [4.69, 9.17) is 4.74 Å². The van der Waals surface area contributed by atoms with Crippen molar-refractivity contribution in [2.45, 2.75) is 50.4 Å². The van der Waals surface area contributed by atoms with Crippen LogP contribution in [0.5, 0.6) is 0 Å². The SMILES string of the molecule is CN=C(NCC1(N(C)C)CCOCC1)NC1CC(C)N(Cc2ccccc2)C1.I. The van der Waals surface area contributed by atoms with Crippen molar-refractivity contribution >= 4 is 29.9 Å². The molecule has 2 atom stereocenters. The predicted molar refractivity (Wildman–Crippen MR) is 131 cm³/mol. The minimum absolute atomic E-state index is 0. The summed E-state index contributed by atoms with van der Waals surface area (Å²) in [5.74, 6) is 0.909. The molecule has 2 saturated heterocycles. The van der Waals surface area contributed by atoms with E-state index in [2.05, 4.69) is 76.8 Å². The van der Waals surface area contributed by atoms with Gasteiger partial charge in [0.25, 0.3) is 0 Å². The second-order valence-corrected chi connectivity index (χ2v) is 8.50. The normalized spacial score (nSPS) is 24.9. The summed E-state index contributed by atoms with van der Waals surface area (Å²) in [4.78, 5) is 9.38. The molecule has 0 spiro atoms. The Morgan fingerprint density at radius 2 is 1.93 bits per heavy atom. The van der Waals surface area contributed by atoms with Crippen LogP contribution in [0.2, 0.25) is 0 Å². The van der Waals surface area contributed by atoms with Crippen molar-refractivity contribution in [1.29, 1.82) is 0 Å². The highest BCUT2D eigenvalue weighted by Gasteiger charge is 2.35. The van der Waals surface area contributed by atoms with Gasteiger partial charge in [0.2, 0.25) is 0 Å². The lowest BCUT2D eigenvalue weighted by molar-refractivity contribution is -0.00502. The van der Waals surface area contributed by atoms with Crippen molar-refractivity contribution in [3.05, 3.63) is 35.9 Å². The second kappa shape index (κ2) is 11.5. The van der Waals surface area contributed by atoms with Crippen molar-refractivity contribution in [3.63, 3.8) is 0 Å². The number of ether oxygens (including phenoxy) is 1. The van der Waals surface area contributed by atoms with Crippen LogP contribution in [-0.4, -0.2) is 80.8 Å². The number of likely N-dealkylation sites (N-methyl/N-ethyl adjacent to an activating group) is 1. The fourth-order valence-corrected chi connectivity index (χ4v) is 4.41. The highest BCUT2D eigenvalue weighted by atomic mass is 127. The third-order valence-electron chi connectivity index (χ3n) is 6.45. The predicted octanol–water partition coefficient (Wildman–Crippen LogP) is 2.54. The van der Waals surface area contributed by atoms with Crippen LogP contribution in [0.3, 0.4) is 0 Å². The van der Waals surface area contributed by atoms with Crippen LogP contribution in [0.1, 0.15) is 31.7 Å². The lowest BCUT2D eigenvalue weighted by atomic mass is 9.88. The fourth-order valence-electron chi connectivity index (χ4n) is 4.41. The standard InChI is InChI=1S/C22H37N5O.HI/c1-18-14-20(16-27(18)15-19-8-6-5-7-9-19)25-21(23-2)24-17-22(26(3)4)10-12-28-13-11-22;/h5-9,18,20H,10-17H2,1-4H3,(H2,23,24,25);1H. The molecule has 7 heteroatoms. The van der Waals surface area contributed by atoms with Crippen molar-refractivity contribution in [2.24, 2.45) is 4.99 Å². The van der Waals surface area contributed by atoms with Crippen LogP contribution >= 0.6 is 24.0 Å². The van der Waals surface area contributed by atoms with E-state index in [9.17, 15) is 0 Å². The maximum atomic E-state index is 5.58. The summed E-state index contributed by atoms with van der Waals surface area (Å²) in [7, 11) is 6.20. The first kappa shape index (κ1) is 24.4. The number of benzene rings is 1. The fraction of sp³-hybridized carbons (Fsp3) is 0.682. The molecule has 1 aromatic carbocycles. The molecule has 2 N–H and O–H groups in total. The molecule has 0 aliphatic carbocycles. The van der Waals surface area contributed by atoms with E-state index in [0.717, 1.165) is 58.1 Å². The zero-order valence-electron chi connectivity index (χ0n) is 18.4. The van der Waals surface area contributed by atoms with Gasteiger partial charge in [-0.25, -0.2) is 0 Å². The Balaban J connectivity index is 0.00000300. The van der Waals surface area contributed by atoms with Gasteiger partial charge in [-0.1, -0.05) is 30.3 Å². The largest absolute Gasteiger partial charge is 0.381 e. The van der Waals surface area contributed by atoms with Crippen LogP contribution in [-0.2, 0) is 11.3 Å². The van der Waals surface area contributed by atoms with E-state index in [0.29, 0.717) is 12.1 Å². The number of guanidine groups is 1. The second-order valence-electron chi connectivity index (χ2n) is 8.50. The van der Waals surface area contributed by atoms with Crippen LogP contribution in [0.25, 0.3) is 0 Å². The van der Waals surface area contributed by atoms with Crippen molar-refractivity contribution < 1.29 is 4.74 Å². The summed E-state index contributed by atoms with van der Waals surface area (Å²) in [5.41, 5.74) is 1.52. The minimum Gasteiger partial charge on any atom is -0.381 e. The molecule has 0 saturated carbocycles. The quantitative estimate of drug-likeness (QED) is 0.347. The number of hydrogen-bond acceptors (Lipinski definition) is 4. The average molecular weight is 515 g/mol. The average Bonchev–Trinajstić information content (AvgIpc) is 3.05. The van der Waals surface area contributed by atoms with Gasteiger partial charge < -0.3 is 20.3 Å². The van der Waals surface area contributed by atoms with Crippen molar-refractivity contribution in [3.8, 4) is 0 Å². The maximum absolute atomic E-state index is 5.58. The van der Waals surface area contributed by atoms with E-state index >= 15 is 0 Å². The van der Waals surface area contributed by atoms with Gasteiger partial charge in [-0.2, -0.15) is 0 Å². The van der Waals surface area contributed by atoms with Crippen LogP contribution < -0.4 is 10.6 Å². The monoisotopic (exact) mass is 515 g/mol. The van der Waals surface area contributed by atoms with Crippen molar-refractivity contribution in [2.75, 3.05) is 47.4 Å². The van der Waals surface area contributed by atoms with Crippen LogP contribution in [0.15, 0.2) is 35.3 Å². The number of nitrogens with one attached hydrogen (secondary N) is 2. The van der Waals surface area contributed by atoms with Gasteiger partial charge in [0, 0.05) is 57.5 Å². The van der Waals surface area contributed by atoms with Crippen molar-refractivity contribution in [1.82, 2.24) is 20.4 Å². The van der Waals surface area contributed by atoms with Crippen LogP contribution in [0, 0.1) is 0 Å². The summed E-state index contributed by atoms with van der Waals surface area (Å²) in [6.45, 7) is 6.93. The molecule has 164 valence electrons. The van der Waals surface area contributed by atoms with E-state index in [1.54, 1.807) is 0 Å². The van der Waals surface area contributed by atoms with Gasteiger partial charge in [-0.05, 0) is 45.8 Å². The number of hydrogen-bond donors (Lipinski definition) is 2. The molecule has 0 bridgehead atoms. The number of rotatable bonds is 6. The molecule has 3 rings (SSSR count). The highest BCUT2D eigenvalue weighted by molar-refractivity contribution is 14.0. The van der Waals surface area contributed by atoms with Gasteiger partial charge in [0.05, 0.1) is 0 Å². The molecule has 0 amide bonds. The van der Waals surface area contributed by atoms with Gasteiger partial charge in [-0.15, -0.1) is 24.0 Å². The maximum Gasteiger partial charge on any atom is 0.191 e. The molecule has 0 aromatic heterocycles. The molecule has 2 unspecified atom stereocenters. The Labute approximate surface area is 193 Å². The summed E-state index contributed by atoms with van der Waals surface area (Å²) in [6, 6.07) is 11.7. The van der Waals surface area contributed by atoms with E-state index < -0.39 is 0 Å².